The molecule has 0 spiro atoms. The van der Waals surface area contributed by atoms with Crippen LogP contribution >= 0.6 is 35.0 Å². The van der Waals surface area contributed by atoms with Crippen LogP contribution in [0.4, 0.5) is 5.69 Å². The van der Waals surface area contributed by atoms with Gasteiger partial charge >= 0.3 is 0 Å². The van der Waals surface area contributed by atoms with Crippen LogP contribution in [-0.4, -0.2) is 18.2 Å². The van der Waals surface area contributed by atoms with E-state index in [2.05, 4.69) is 13.0 Å². The third kappa shape index (κ3) is 5.44. The molecule has 0 aromatic heterocycles. The molecule has 0 bridgehead atoms. The van der Waals surface area contributed by atoms with Gasteiger partial charge in [0, 0.05) is 18.0 Å². The highest BCUT2D eigenvalue weighted by atomic mass is 35.5. The lowest BCUT2D eigenvalue weighted by molar-refractivity contribution is -0.116. The van der Waals surface area contributed by atoms with E-state index >= 15 is 0 Å². The summed E-state index contributed by atoms with van der Waals surface area (Å²) in [6.45, 7) is 4.85. The Morgan fingerprint density at radius 2 is 1.92 bits per heavy atom. The largest absolute Gasteiger partial charge is 0.312 e. The first-order valence-corrected chi connectivity index (χ1v) is 9.81. The number of hydrogen-bond acceptors (Lipinski definition) is 2. The highest BCUT2D eigenvalue weighted by Gasteiger charge is 2.15. The molecule has 0 saturated heterocycles. The van der Waals surface area contributed by atoms with Gasteiger partial charge in [-0.15, -0.1) is 11.8 Å². The number of anilines is 1. The number of rotatable bonds is 7. The predicted octanol–water partition coefficient (Wildman–Crippen LogP) is 5.98. The fraction of sp³-hybridized carbons (Fsp3) is 0.316. The molecule has 0 heterocycles. The lowest BCUT2D eigenvalue weighted by atomic mass is 10.2. The second kappa shape index (κ2) is 9.36. The summed E-state index contributed by atoms with van der Waals surface area (Å²) in [4.78, 5) is 14.5. The molecule has 24 heavy (non-hydrogen) atoms. The third-order valence-corrected chi connectivity index (χ3v) is 5.27. The van der Waals surface area contributed by atoms with Crippen molar-refractivity contribution in [2.75, 3.05) is 17.2 Å². The van der Waals surface area contributed by atoms with Crippen molar-refractivity contribution in [1.29, 1.82) is 0 Å². The summed E-state index contributed by atoms with van der Waals surface area (Å²) >= 11 is 13.5. The Balaban J connectivity index is 1.96. The van der Waals surface area contributed by atoms with Gasteiger partial charge in [0.2, 0.25) is 5.91 Å². The SMILES string of the molecule is CCCN(C(=O)CSCc1ccc(Cl)c(Cl)c1)c1cccc(C)c1. The summed E-state index contributed by atoms with van der Waals surface area (Å²) in [7, 11) is 0. The molecule has 0 radical (unpaired) electrons. The monoisotopic (exact) mass is 381 g/mol. The zero-order chi connectivity index (χ0) is 17.5. The summed E-state index contributed by atoms with van der Waals surface area (Å²) in [6.07, 6.45) is 0.928. The number of halogens is 2. The number of carbonyl (C=O) groups excluding carboxylic acids is 1. The molecule has 2 aromatic carbocycles. The number of nitrogens with zero attached hydrogens (tertiary/aromatic N) is 1. The van der Waals surface area contributed by atoms with Crippen LogP contribution < -0.4 is 4.90 Å². The normalized spacial score (nSPS) is 10.7. The fourth-order valence-electron chi connectivity index (χ4n) is 2.38. The molecule has 5 heteroatoms. The van der Waals surface area contributed by atoms with Crippen molar-refractivity contribution in [3.8, 4) is 0 Å². The van der Waals surface area contributed by atoms with E-state index in [0.29, 0.717) is 15.8 Å². The molecule has 2 aromatic rings. The fourth-order valence-corrected chi connectivity index (χ4v) is 3.55. The minimum absolute atomic E-state index is 0.132. The second-order valence-corrected chi connectivity index (χ2v) is 7.43. The summed E-state index contributed by atoms with van der Waals surface area (Å²) in [6, 6.07) is 13.7. The van der Waals surface area contributed by atoms with Gasteiger partial charge in [0.1, 0.15) is 0 Å². The Morgan fingerprint density at radius 3 is 2.58 bits per heavy atom. The highest BCUT2D eigenvalue weighted by Crippen LogP contribution is 2.25. The third-order valence-electron chi connectivity index (χ3n) is 3.54. The summed E-state index contributed by atoms with van der Waals surface area (Å²) < 4.78 is 0. The molecule has 1 amide bonds. The Kier molecular flexibility index (Phi) is 7.47. The maximum absolute atomic E-state index is 12.6. The standard InChI is InChI=1S/C19H21Cl2NOS/c1-3-9-22(16-6-4-5-14(2)10-16)19(23)13-24-12-15-7-8-17(20)18(21)11-15/h4-8,10-11H,3,9,12-13H2,1-2H3. The molecular formula is C19H21Cl2NOS. The van der Waals surface area contributed by atoms with Gasteiger partial charge in [-0.05, 0) is 48.7 Å². The summed E-state index contributed by atoms with van der Waals surface area (Å²) in [5, 5.41) is 1.10. The molecular weight excluding hydrogens is 361 g/mol. The van der Waals surface area contributed by atoms with Gasteiger partial charge in [0.25, 0.3) is 0 Å². The Bertz CT molecular complexity index is 706. The van der Waals surface area contributed by atoms with E-state index in [1.54, 1.807) is 17.8 Å². The number of benzene rings is 2. The Morgan fingerprint density at radius 1 is 1.12 bits per heavy atom. The zero-order valence-electron chi connectivity index (χ0n) is 13.9. The van der Waals surface area contributed by atoms with Gasteiger partial charge in [-0.25, -0.2) is 0 Å². The van der Waals surface area contributed by atoms with Crippen LogP contribution in [0.3, 0.4) is 0 Å². The smallest absolute Gasteiger partial charge is 0.236 e. The number of amides is 1. The molecule has 0 saturated carbocycles. The van der Waals surface area contributed by atoms with Crippen molar-refractivity contribution in [1.82, 2.24) is 0 Å². The maximum atomic E-state index is 12.6. The first-order chi connectivity index (χ1) is 11.5. The van der Waals surface area contributed by atoms with Gasteiger partial charge < -0.3 is 4.90 Å². The molecule has 2 rings (SSSR count). The molecule has 0 atom stereocenters. The van der Waals surface area contributed by atoms with E-state index in [1.165, 1.54) is 0 Å². The quantitative estimate of drug-likeness (QED) is 0.587. The molecule has 128 valence electrons. The van der Waals surface area contributed by atoms with E-state index in [0.717, 1.165) is 35.5 Å². The summed E-state index contributed by atoms with van der Waals surface area (Å²) in [5.74, 6) is 1.30. The maximum Gasteiger partial charge on any atom is 0.236 e. The first-order valence-electron chi connectivity index (χ1n) is 7.90. The highest BCUT2D eigenvalue weighted by molar-refractivity contribution is 7.99. The lowest BCUT2D eigenvalue weighted by Crippen LogP contribution is -2.33. The number of thioether (sulfide) groups is 1. The van der Waals surface area contributed by atoms with E-state index in [9.17, 15) is 4.79 Å². The van der Waals surface area contributed by atoms with Crippen molar-refractivity contribution >= 4 is 46.6 Å². The van der Waals surface area contributed by atoms with Gasteiger partial charge in [0.05, 0.1) is 15.8 Å². The molecule has 0 aliphatic rings. The zero-order valence-corrected chi connectivity index (χ0v) is 16.2. The second-order valence-electron chi connectivity index (χ2n) is 5.63. The summed E-state index contributed by atoms with van der Waals surface area (Å²) in [5.41, 5.74) is 3.20. The van der Waals surface area contributed by atoms with Crippen molar-refractivity contribution in [2.45, 2.75) is 26.0 Å². The number of hydrogen-bond donors (Lipinski definition) is 0. The van der Waals surface area contributed by atoms with Crippen LogP contribution in [-0.2, 0) is 10.5 Å². The van der Waals surface area contributed by atoms with Crippen molar-refractivity contribution in [2.24, 2.45) is 0 Å². The molecule has 0 aliphatic heterocycles. The molecule has 0 unspecified atom stereocenters. The van der Waals surface area contributed by atoms with Crippen LogP contribution in [0.2, 0.25) is 10.0 Å². The average Bonchev–Trinajstić information content (AvgIpc) is 2.55. The predicted molar refractivity (Wildman–Crippen MR) is 106 cm³/mol. The van der Waals surface area contributed by atoms with Crippen LogP contribution in [0.1, 0.15) is 24.5 Å². The van der Waals surface area contributed by atoms with Crippen LogP contribution in [0.5, 0.6) is 0 Å². The van der Waals surface area contributed by atoms with Gasteiger partial charge in [-0.2, -0.15) is 0 Å². The molecule has 2 nitrogen and oxygen atoms in total. The van der Waals surface area contributed by atoms with Crippen LogP contribution in [0.15, 0.2) is 42.5 Å². The van der Waals surface area contributed by atoms with Crippen LogP contribution in [0, 0.1) is 6.92 Å². The topological polar surface area (TPSA) is 20.3 Å². The molecule has 0 N–H and O–H groups in total. The Hall–Kier alpha value is -1.16. The Labute approximate surface area is 158 Å². The van der Waals surface area contributed by atoms with Gasteiger partial charge in [-0.1, -0.05) is 48.3 Å². The van der Waals surface area contributed by atoms with Gasteiger partial charge in [0.15, 0.2) is 0 Å². The molecule has 0 aliphatic carbocycles. The lowest BCUT2D eigenvalue weighted by Gasteiger charge is -2.22. The number of carbonyl (C=O) groups is 1. The molecule has 0 fully saturated rings. The number of aryl methyl sites for hydroxylation is 1. The van der Waals surface area contributed by atoms with Crippen molar-refractivity contribution < 1.29 is 4.79 Å². The van der Waals surface area contributed by atoms with Gasteiger partial charge in [-0.3, -0.25) is 4.79 Å². The van der Waals surface area contributed by atoms with E-state index in [4.69, 9.17) is 23.2 Å². The van der Waals surface area contributed by atoms with E-state index in [-0.39, 0.29) is 5.91 Å². The van der Waals surface area contributed by atoms with E-state index in [1.807, 2.05) is 42.2 Å². The average molecular weight is 382 g/mol. The van der Waals surface area contributed by atoms with E-state index < -0.39 is 0 Å². The van der Waals surface area contributed by atoms with Crippen LogP contribution in [0.25, 0.3) is 0 Å². The van der Waals surface area contributed by atoms with Crippen molar-refractivity contribution in [3.63, 3.8) is 0 Å². The minimum atomic E-state index is 0.132. The van der Waals surface area contributed by atoms with Crippen molar-refractivity contribution in [3.05, 3.63) is 63.6 Å². The minimum Gasteiger partial charge on any atom is -0.312 e. The first kappa shape index (κ1) is 19.2.